The van der Waals surface area contributed by atoms with Gasteiger partial charge in [-0.3, -0.25) is 19.7 Å². The number of halogens is 2. The molecule has 0 atom stereocenters. The lowest BCUT2D eigenvalue weighted by atomic mass is 10.1. The van der Waals surface area contributed by atoms with Crippen molar-refractivity contribution in [1.29, 1.82) is 0 Å². The van der Waals surface area contributed by atoms with Crippen LogP contribution in [0.3, 0.4) is 0 Å². The molecule has 2 aromatic heterocycles. The molecular formula is C22H15BrFN5O5. The number of furan rings is 1. The zero-order valence-electron chi connectivity index (χ0n) is 17.3. The van der Waals surface area contributed by atoms with Gasteiger partial charge in [0.15, 0.2) is 5.76 Å². The van der Waals surface area contributed by atoms with E-state index in [9.17, 15) is 24.1 Å². The number of aromatic nitrogens is 2. The van der Waals surface area contributed by atoms with Crippen molar-refractivity contribution in [3.63, 3.8) is 0 Å². The maximum absolute atomic E-state index is 14.3. The van der Waals surface area contributed by atoms with Gasteiger partial charge in [-0.1, -0.05) is 40.2 Å². The minimum atomic E-state index is -0.693. The van der Waals surface area contributed by atoms with Gasteiger partial charge in [-0.25, -0.2) is 14.5 Å². The Balaban J connectivity index is 1.58. The number of nitro groups is 1. The Morgan fingerprint density at radius 1 is 1.24 bits per heavy atom. The molecule has 0 aliphatic carbocycles. The first-order chi connectivity index (χ1) is 16.3. The fraction of sp³-hybridized carbons (Fsp3) is 0.0909. The maximum Gasteiger partial charge on any atom is 0.433 e. The number of rotatable bonds is 7. The Hall–Kier alpha value is -4.19. The first kappa shape index (κ1) is 23.0. The van der Waals surface area contributed by atoms with E-state index < -0.39 is 28.1 Å². The summed E-state index contributed by atoms with van der Waals surface area (Å²) in [6.07, 6.45) is 0.896. The number of benzene rings is 2. The number of amides is 1. The van der Waals surface area contributed by atoms with Crippen LogP contribution in [0.1, 0.15) is 17.0 Å². The molecule has 1 N–H and O–H groups in total. The Morgan fingerprint density at radius 2 is 2.00 bits per heavy atom. The molecular weight excluding hydrogens is 513 g/mol. The lowest BCUT2D eigenvalue weighted by Crippen LogP contribution is -2.28. The third kappa shape index (κ3) is 5.07. The first-order valence-corrected chi connectivity index (χ1v) is 10.6. The molecule has 10 nitrogen and oxygen atoms in total. The van der Waals surface area contributed by atoms with Gasteiger partial charge in [0.05, 0.1) is 36.3 Å². The van der Waals surface area contributed by atoms with E-state index in [4.69, 9.17) is 4.42 Å². The van der Waals surface area contributed by atoms with Crippen molar-refractivity contribution in [2.45, 2.75) is 13.0 Å². The van der Waals surface area contributed by atoms with E-state index in [1.807, 2.05) is 0 Å². The highest BCUT2D eigenvalue weighted by molar-refractivity contribution is 9.10. The molecule has 1 amide bonds. The van der Waals surface area contributed by atoms with Crippen LogP contribution in [0.5, 0.6) is 0 Å². The summed E-state index contributed by atoms with van der Waals surface area (Å²) in [7, 11) is 0. The molecule has 0 bridgehead atoms. The average Bonchev–Trinajstić information content (AvgIpc) is 3.28. The molecule has 34 heavy (non-hydrogen) atoms. The largest absolute Gasteiger partial charge is 0.433 e. The van der Waals surface area contributed by atoms with Crippen LogP contribution in [0.15, 0.2) is 73.4 Å². The molecule has 0 saturated heterocycles. The lowest BCUT2D eigenvalue weighted by Gasteiger charge is -2.11. The topological polar surface area (TPSA) is 133 Å². The summed E-state index contributed by atoms with van der Waals surface area (Å²) < 4.78 is 20.9. The van der Waals surface area contributed by atoms with Crippen LogP contribution in [-0.4, -0.2) is 26.8 Å². The second-order valence-electron chi connectivity index (χ2n) is 7.09. The fourth-order valence-electron chi connectivity index (χ4n) is 3.22. The minimum absolute atomic E-state index is 0.0839. The molecule has 0 aliphatic rings. The number of hydrogen-bond donors (Lipinski definition) is 1. The molecule has 0 unspecified atom stereocenters. The van der Waals surface area contributed by atoms with Gasteiger partial charge in [-0.2, -0.15) is 10.2 Å². The maximum atomic E-state index is 14.3. The summed E-state index contributed by atoms with van der Waals surface area (Å²) in [5, 5.41) is 19.5. The van der Waals surface area contributed by atoms with Crippen LogP contribution in [0.2, 0.25) is 0 Å². The van der Waals surface area contributed by atoms with Crippen molar-refractivity contribution >= 4 is 44.7 Å². The van der Waals surface area contributed by atoms with Gasteiger partial charge in [0.25, 0.3) is 5.56 Å². The second kappa shape index (κ2) is 9.75. The molecule has 0 saturated carbocycles. The van der Waals surface area contributed by atoms with E-state index in [0.717, 1.165) is 17.0 Å². The van der Waals surface area contributed by atoms with Crippen molar-refractivity contribution in [2.75, 3.05) is 0 Å². The summed E-state index contributed by atoms with van der Waals surface area (Å²) in [5.74, 6) is -1.41. The molecule has 2 aromatic carbocycles. The summed E-state index contributed by atoms with van der Waals surface area (Å²) in [6.45, 7) is -0.118. The molecule has 12 heteroatoms. The Bertz CT molecular complexity index is 1500. The molecule has 4 aromatic rings. The standard InChI is InChI=1S/C22H15BrFN5O5/c23-14-6-5-13(18(24)9-14)12-28-22(31)17-4-2-1-3-16(17)19(27-28)10-20(30)26-25-11-15-7-8-21(34-15)29(32)33/h1-9,11H,10,12H2,(H,26,30)/b25-11+. The number of fused-ring (bicyclic) bond motifs is 1. The fourth-order valence-corrected chi connectivity index (χ4v) is 3.56. The highest BCUT2D eigenvalue weighted by Gasteiger charge is 2.15. The van der Waals surface area contributed by atoms with Gasteiger partial charge >= 0.3 is 5.88 Å². The van der Waals surface area contributed by atoms with Gasteiger partial charge in [-0.15, -0.1) is 0 Å². The van der Waals surface area contributed by atoms with Gasteiger partial charge in [0, 0.05) is 15.4 Å². The highest BCUT2D eigenvalue weighted by atomic mass is 79.9. The zero-order chi connectivity index (χ0) is 24.2. The van der Waals surface area contributed by atoms with Gasteiger partial charge in [0.1, 0.15) is 10.7 Å². The summed E-state index contributed by atoms with van der Waals surface area (Å²) in [4.78, 5) is 35.3. The molecule has 4 rings (SSSR count). The monoisotopic (exact) mass is 527 g/mol. The van der Waals surface area contributed by atoms with E-state index in [-0.39, 0.29) is 24.3 Å². The van der Waals surface area contributed by atoms with Crippen molar-refractivity contribution in [2.24, 2.45) is 5.10 Å². The normalized spacial score (nSPS) is 11.2. The van der Waals surface area contributed by atoms with Gasteiger partial charge in [-0.05, 0) is 24.3 Å². The minimum Gasteiger partial charge on any atom is -0.400 e. The van der Waals surface area contributed by atoms with Crippen LogP contribution < -0.4 is 11.0 Å². The lowest BCUT2D eigenvalue weighted by molar-refractivity contribution is -0.402. The number of carbonyl (C=O) groups excluding carboxylic acids is 1. The summed E-state index contributed by atoms with van der Waals surface area (Å²) in [6, 6.07) is 13.7. The van der Waals surface area contributed by atoms with Crippen molar-refractivity contribution in [3.8, 4) is 0 Å². The van der Waals surface area contributed by atoms with Gasteiger partial charge in [0.2, 0.25) is 5.91 Å². The summed E-state index contributed by atoms with van der Waals surface area (Å²) in [5.41, 5.74) is 2.44. The third-order valence-electron chi connectivity index (χ3n) is 4.78. The Kier molecular flexibility index (Phi) is 6.59. The second-order valence-corrected chi connectivity index (χ2v) is 8.01. The van der Waals surface area contributed by atoms with E-state index in [1.54, 1.807) is 36.4 Å². The van der Waals surface area contributed by atoms with Crippen molar-refractivity contribution in [1.82, 2.24) is 15.2 Å². The molecule has 172 valence electrons. The molecule has 0 aliphatic heterocycles. The molecule has 0 spiro atoms. The van der Waals surface area contributed by atoms with Crippen LogP contribution in [-0.2, 0) is 17.8 Å². The quantitative estimate of drug-likeness (QED) is 0.222. The molecule has 2 heterocycles. The molecule has 0 fully saturated rings. The van der Waals surface area contributed by atoms with E-state index >= 15 is 0 Å². The highest BCUT2D eigenvalue weighted by Crippen LogP contribution is 2.18. The number of nitrogens with one attached hydrogen (secondary N) is 1. The first-order valence-electron chi connectivity index (χ1n) is 9.80. The van der Waals surface area contributed by atoms with Gasteiger partial charge < -0.3 is 4.42 Å². The zero-order valence-corrected chi connectivity index (χ0v) is 18.9. The SMILES string of the molecule is O=C(Cc1nn(Cc2ccc(Br)cc2F)c(=O)c2ccccc12)N/N=C/c1ccc([N+](=O)[O-])o1. The van der Waals surface area contributed by atoms with Crippen molar-refractivity contribution in [3.05, 3.63) is 102 Å². The Labute approximate surface area is 199 Å². The molecule has 0 radical (unpaired) electrons. The Morgan fingerprint density at radius 3 is 2.71 bits per heavy atom. The van der Waals surface area contributed by atoms with Crippen LogP contribution in [0.4, 0.5) is 10.3 Å². The predicted octanol–water partition coefficient (Wildman–Crippen LogP) is 3.54. The number of hydrazone groups is 1. The summed E-state index contributed by atoms with van der Waals surface area (Å²) >= 11 is 3.19. The van der Waals surface area contributed by atoms with E-state index in [2.05, 4.69) is 31.6 Å². The number of carbonyl (C=O) groups is 1. The average molecular weight is 528 g/mol. The number of nitrogens with zero attached hydrogens (tertiary/aromatic N) is 4. The van der Waals surface area contributed by atoms with E-state index in [0.29, 0.717) is 20.9 Å². The predicted molar refractivity (Wildman–Crippen MR) is 124 cm³/mol. The number of hydrogen-bond acceptors (Lipinski definition) is 7. The smallest absolute Gasteiger partial charge is 0.400 e. The van der Waals surface area contributed by atoms with Crippen LogP contribution in [0, 0.1) is 15.9 Å². The third-order valence-corrected chi connectivity index (χ3v) is 5.27. The van der Waals surface area contributed by atoms with E-state index in [1.165, 1.54) is 12.1 Å². The van der Waals surface area contributed by atoms with Crippen LogP contribution in [0.25, 0.3) is 10.8 Å². The van der Waals surface area contributed by atoms with Crippen LogP contribution >= 0.6 is 15.9 Å². The van der Waals surface area contributed by atoms with Crippen molar-refractivity contribution < 1.29 is 18.5 Å².